The molecule has 0 aliphatic rings. The van der Waals surface area contributed by atoms with Gasteiger partial charge in [0.25, 0.3) is 5.71 Å². The number of nitrogens with zero attached hydrogens (tertiary/aromatic N) is 5. The molecule has 0 atom stereocenters. The van der Waals surface area contributed by atoms with Crippen LogP contribution in [-0.2, 0) is 4.84 Å². The molecule has 74 valence electrons. The van der Waals surface area contributed by atoms with Crippen LogP contribution in [0.5, 0.6) is 0 Å². The van der Waals surface area contributed by atoms with Gasteiger partial charge in [-0.15, -0.1) is 0 Å². The number of oxime groups is 1. The molecule has 6 nitrogen and oxygen atoms in total. The van der Waals surface area contributed by atoms with Crippen molar-refractivity contribution in [2.24, 2.45) is 5.16 Å². The summed E-state index contributed by atoms with van der Waals surface area (Å²) in [7, 11) is 7.07. The van der Waals surface area contributed by atoms with E-state index >= 15 is 0 Å². The maximum atomic E-state index is 8.40. The van der Waals surface area contributed by atoms with Gasteiger partial charge in [0.15, 0.2) is 0 Å². The van der Waals surface area contributed by atoms with E-state index in [2.05, 4.69) is 5.16 Å². The van der Waals surface area contributed by atoms with Crippen LogP contribution in [0, 0.1) is 22.7 Å². The highest BCUT2D eigenvalue weighted by Gasteiger charge is 2.13. The Morgan fingerprint density at radius 3 is 2.07 bits per heavy atom. The average molecular weight is 194 g/mol. The molecule has 14 heavy (non-hydrogen) atoms. The smallest absolute Gasteiger partial charge is 0.277 e. The molecule has 0 aromatic carbocycles. The SMILES string of the molecule is CN(C)C(ON=C(C#N)C#N)=[N+](C)C. The molecule has 0 saturated carbocycles. The zero-order chi connectivity index (χ0) is 11.1. The molecular formula is C8H12N5O+. The average Bonchev–Trinajstić information content (AvgIpc) is 2.11. The van der Waals surface area contributed by atoms with Gasteiger partial charge < -0.3 is 0 Å². The Bertz CT molecular complexity index is 322. The van der Waals surface area contributed by atoms with E-state index < -0.39 is 0 Å². The molecule has 0 fully saturated rings. The highest BCUT2D eigenvalue weighted by atomic mass is 16.6. The molecule has 0 unspecified atom stereocenters. The Hall–Kier alpha value is -2.08. The van der Waals surface area contributed by atoms with Crippen molar-refractivity contribution in [3.63, 3.8) is 0 Å². The van der Waals surface area contributed by atoms with Crippen LogP contribution in [0.2, 0.25) is 0 Å². The Kier molecular flexibility index (Phi) is 4.72. The second kappa shape index (κ2) is 5.55. The largest absolute Gasteiger partial charge is 0.472 e. The third-order valence-corrected chi connectivity index (χ3v) is 1.20. The Morgan fingerprint density at radius 2 is 1.79 bits per heavy atom. The van der Waals surface area contributed by atoms with Gasteiger partial charge in [-0.3, -0.25) is 4.84 Å². The highest BCUT2D eigenvalue weighted by Crippen LogP contribution is 1.88. The van der Waals surface area contributed by atoms with Gasteiger partial charge in [0, 0.05) is 0 Å². The van der Waals surface area contributed by atoms with Crippen molar-refractivity contribution < 1.29 is 9.41 Å². The minimum absolute atomic E-state index is 0.314. The fourth-order valence-electron chi connectivity index (χ4n) is 0.716. The summed E-state index contributed by atoms with van der Waals surface area (Å²) in [4.78, 5) is 6.60. The van der Waals surface area contributed by atoms with Crippen molar-refractivity contribution in [3.8, 4) is 12.1 Å². The summed E-state index contributed by atoms with van der Waals surface area (Å²) in [5.74, 6) is 0. The lowest BCUT2D eigenvalue weighted by Gasteiger charge is -2.06. The third-order valence-electron chi connectivity index (χ3n) is 1.20. The predicted molar refractivity (Wildman–Crippen MR) is 50.5 cm³/mol. The number of amidine groups is 1. The van der Waals surface area contributed by atoms with E-state index in [0.717, 1.165) is 0 Å². The van der Waals surface area contributed by atoms with Crippen molar-refractivity contribution in [2.45, 2.75) is 0 Å². The van der Waals surface area contributed by atoms with Gasteiger partial charge in [0.05, 0.1) is 28.2 Å². The van der Waals surface area contributed by atoms with Gasteiger partial charge in [-0.25, -0.2) is 9.48 Å². The lowest BCUT2D eigenvalue weighted by atomic mass is 10.5. The zero-order valence-electron chi connectivity index (χ0n) is 8.64. The summed E-state index contributed by atoms with van der Waals surface area (Å²) < 4.78 is 1.68. The molecule has 0 aromatic rings. The molecule has 0 aliphatic heterocycles. The number of hydrogen-bond acceptors (Lipinski definition) is 4. The summed E-state index contributed by atoms with van der Waals surface area (Å²) in [6.07, 6.45) is 0. The molecule has 0 N–H and O–H groups in total. The first-order valence-electron chi connectivity index (χ1n) is 3.79. The van der Waals surface area contributed by atoms with Gasteiger partial charge in [-0.05, 0) is 5.16 Å². The fourth-order valence-corrected chi connectivity index (χ4v) is 0.716. The van der Waals surface area contributed by atoms with E-state index in [9.17, 15) is 0 Å². The van der Waals surface area contributed by atoms with Crippen LogP contribution in [0.25, 0.3) is 0 Å². The van der Waals surface area contributed by atoms with Gasteiger partial charge in [-0.2, -0.15) is 10.5 Å². The maximum absolute atomic E-state index is 8.40. The van der Waals surface area contributed by atoms with Crippen molar-refractivity contribution in [1.29, 1.82) is 10.5 Å². The van der Waals surface area contributed by atoms with Gasteiger partial charge in [0.1, 0.15) is 12.1 Å². The van der Waals surface area contributed by atoms with Gasteiger partial charge in [0.2, 0.25) is 0 Å². The molecule has 0 aromatic heterocycles. The topological polar surface area (TPSA) is 75.4 Å². The van der Waals surface area contributed by atoms with Crippen LogP contribution in [0.3, 0.4) is 0 Å². The van der Waals surface area contributed by atoms with Crippen LogP contribution < -0.4 is 0 Å². The minimum atomic E-state index is -0.314. The summed E-state index contributed by atoms with van der Waals surface area (Å²) >= 11 is 0. The summed E-state index contributed by atoms with van der Waals surface area (Å²) in [6, 6.07) is 3.63. The quantitative estimate of drug-likeness (QED) is 0.246. The lowest BCUT2D eigenvalue weighted by Crippen LogP contribution is -2.31. The Morgan fingerprint density at radius 1 is 1.29 bits per heavy atom. The van der Waals surface area contributed by atoms with Crippen molar-refractivity contribution >= 4 is 11.7 Å². The normalized spacial score (nSPS) is 7.86. The number of rotatable bonds is 1. The maximum Gasteiger partial charge on any atom is 0.472 e. The molecule has 0 radical (unpaired) electrons. The van der Waals surface area contributed by atoms with Crippen molar-refractivity contribution in [1.82, 2.24) is 4.90 Å². The van der Waals surface area contributed by atoms with Crippen molar-refractivity contribution in [3.05, 3.63) is 0 Å². The highest BCUT2D eigenvalue weighted by molar-refractivity contribution is 6.10. The van der Waals surface area contributed by atoms with E-state index in [0.29, 0.717) is 6.02 Å². The van der Waals surface area contributed by atoms with Crippen LogP contribution in [0.15, 0.2) is 5.16 Å². The molecular weight excluding hydrogens is 182 g/mol. The van der Waals surface area contributed by atoms with E-state index in [1.165, 1.54) is 0 Å². The number of hydrogen-bond donors (Lipinski definition) is 0. The minimum Gasteiger partial charge on any atom is -0.277 e. The Labute approximate surface area is 82.9 Å². The van der Waals surface area contributed by atoms with E-state index in [4.69, 9.17) is 15.4 Å². The molecule has 6 heteroatoms. The van der Waals surface area contributed by atoms with Crippen LogP contribution >= 0.6 is 0 Å². The van der Waals surface area contributed by atoms with Crippen LogP contribution in [-0.4, -0.2) is 49.4 Å². The second-order valence-corrected chi connectivity index (χ2v) is 2.83. The molecule has 0 rings (SSSR count). The molecule has 0 heterocycles. The first-order valence-corrected chi connectivity index (χ1v) is 3.79. The zero-order valence-corrected chi connectivity index (χ0v) is 8.64. The standard InChI is InChI=1S/C8H12N5O/c1-12(2)8(13(3)4)14-11-7(5-9)6-10/h1-4H3/q+1. The fraction of sp³-hybridized carbons (Fsp3) is 0.500. The van der Waals surface area contributed by atoms with E-state index in [-0.39, 0.29) is 5.71 Å². The molecule has 0 saturated heterocycles. The summed E-state index contributed by atoms with van der Waals surface area (Å²) in [5.41, 5.74) is -0.314. The molecule has 0 aliphatic carbocycles. The Balaban J connectivity index is 4.70. The summed E-state index contributed by atoms with van der Waals surface area (Å²) in [6.45, 7) is 0. The third kappa shape index (κ3) is 3.55. The van der Waals surface area contributed by atoms with E-state index in [1.807, 2.05) is 0 Å². The van der Waals surface area contributed by atoms with Crippen LogP contribution in [0.4, 0.5) is 0 Å². The summed E-state index contributed by atoms with van der Waals surface area (Å²) in [5, 5.41) is 20.2. The monoisotopic (exact) mass is 194 g/mol. The predicted octanol–water partition coefficient (Wildman–Crippen LogP) is -0.404. The van der Waals surface area contributed by atoms with Gasteiger partial charge in [-0.1, -0.05) is 0 Å². The molecule has 0 amide bonds. The first-order chi connectivity index (χ1) is 6.52. The van der Waals surface area contributed by atoms with Gasteiger partial charge >= 0.3 is 6.02 Å². The molecule has 0 spiro atoms. The first kappa shape index (κ1) is 11.9. The van der Waals surface area contributed by atoms with E-state index in [1.54, 1.807) is 49.8 Å². The molecule has 0 bridgehead atoms. The van der Waals surface area contributed by atoms with Crippen LogP contribution in [0.1, 0.15) is 0 Å². The number of nitriles is 2. The van der Waals surface area contributed by atoms with Crippen molar-refractivity contribution in [2.75, 3.05) is 28.2 Å². The lowest BCUT2D eigenvalue weighted by molar-refractivity contribution is -0.480. The second-order valence-electron chi connectivity index (χ2n) is 2.83.